The molecule has 5 rings (SSSR count). The number of carbonyl (C=O) groups excluding carboxylic acids is 4. The highest BCUT2D eigenvalue weighted by Gasteiger charge is 2.29. The van der Waals surface area contributed by atoms with Crippen LogP contribution in [-0.2, 0) is 17.8 Å². The van der Waals surface area contributed by atoms with Crippen LogP contribution in [0.15, 0.2) is 91.0 Å². The number of amides is 5. The van der Waals surface area contributed by atoms with Gasteiger partial charge < -0.3 is 16.0 Å². The van der Waals surface area contributed by atoms with Crippen molar-refractivity contribution >= 4 is 40.2 Å². The van der Waals surface area contributed by atoms with Crippen molar-refractivity contribution in [1.82, 2.24) is 16.2 Å². The summed E-state index contributed by atoms with van der Waals surface area (Å²) in [6.07, 6.45) is 0.201. The van der Waals surface area contributed by atoms with E-state index in [1.54, 1.807) is 29.2 Å². The molecule has 0 bridgehead atoms. The van der Waals surface area contributed by atoms with E-state index < -0.39 is 23.9 Å². The summed E-state index contributed by atoms with van der Waals surface area (Å²) in [5.74, 6) is -1.20. The summed E-state index contributed by atoms with van der Waals surface area (Å²) in [4.78, 5) is 51.4. The zero-order chi connectivity index (χ0) is 26.6. The van der Waals surface area contributed by atoms with Crippen LogP contribution < -0.4 is 26.8 Å². The molecule has 5 N–H and O–H groups in total. The first kappa shape index (κ1) is 24.5. The molecule has 0 aliphatic carbocycles. The van der Waals surface area contributed by atoms with Gasteiger partial charge in [-0.2, -0.15) is 0 Å². The third-order valence-electron chi connectivity index (χ3n) is 6.42. The first-order chi connectivity index (χ1) is 18.4. The van der Waals surface area contributed by atoms with E-state index in [9.17, 15) is 19.2 Å². The number of nitrogens with two attached hydrogens (primary N) is 1. The number of rotatable bonds is 7. The summed E-state index contributed by atoms with van der Waals surface area (Å²) in [5, 5.41) is 4.36. The number of hydrogen-bond donors (Lipinski definition) is 4. The average Bonchev–Trinajstić information content (AvgIpc) is 3.20. The van der Waals surface area contributed by atoms with Gasteiger partial charge in [-0.25, -0.2) is 4.79 Å². The molecule has 0 saturated heterocycles. The zero-order valence-electron chi connectivity index (χ0n) is 20.3. The third kappa shape index (κ3) is 5.03. The number of anilines is 1. The van der Waals surface area contributed by atoms with Crippen molar-refractivity contribution in [3.63, 3.8) is 0 Å². The fraction of sp³-hybridized carbons (Fsp3) is 0.103. The van der Waals surface area contributed by atoms with Gasteiger partial charge in [-0.1, -0.05) is 66.7 Å². The normalized spacial score (nSPS) is 12.7. The number of hydrogen-bond acceptors (Lipinski definition) is 4. The second kappa shape index (κ2) is 10.4. The first-order valence-corrected chi connectivity index (χ1v) is 12.0. The number of primary amides is 1. The highest BCUT2D eigenvalue weighted by molar-refractivity contribution is 6.24. The molecule has 4 aromatic rings. The third-order valence-corrected chi connectivity index (χ3v) is 6.42. The summed E-state index contributed by atoms with van der Waals surface area (Å²) in [7, 11) is 0. The Labute approximate surface area is 218 Å². The maximum atomic E-state index is 13.0. The van der Waals surface area contributed by atoms with E-state index in [1.807, 2.05) is 66.7 Å². The van der Waals surface area contributed by atoms with Gasteiger partial charge in [-0.15, -0.1) is 0 Å². The van der Waals surface area contributed by atoms with Gasteiger partial charge in [-0.3, -0.25) is 25.2 Å². The summed E-state index contributed by atoms with van der Waals surface area (Å²) in [6.45, 7) is 0.352. The molecule has 190 valence electrons. The van der Waals surface area contributed by atoms with Crippen LogP contribution in [0.5, 0.6) is 0 Å². The summed E-state index contributed by atoms with van der Waals surface area (Å²) in [5.41, 5.74) is 13.5. The van der Waals surface area contributed by atoms with Crippen LogP contribution >= 0.6 is 0 Å². The summed E-state index contributed by atoms with van der Waals surface area (Å²) in [6, 6.07) is 25.6. The van der Waals surface area contributed by atoms with Gasteiger partial charge in [0.25, 0.3) is 17.7 Å². The Morgan fingerprint density at radius 3 is 2.21 bits per heavy atom. The Morgan fingerprint density at radius 2 is 1.50 bits per heavy atom. The second-order valence-corrected chi connectivity index (χ2v) is 8.96. The minimum atomic E-state index is -0.968. The smallest absolute Gasteiger partial charge is 0.312 e. The molecule has 4 aromatic carbocycles. The number of nitrogens with zero attached hydrogens (tertiary/aromatic N) is 1. The van der Waals surface area contributed by atoms with Gasteiger partial charge >= 0.3 is 6.03 Å². The van der Waals surface area contributed by atoms with Crippen LogP contribution in [0.2, 0.25) is 0 Å². The van der Waals surface area contributed by atoms with Gasteiger partial charge in [0.05, 0.1) is 12.2 Å². The molecule has 38 heavy (non-hydrogen) atoms. The Balaban J connectivity index is 1.21. The molecule has 0 aromatic heterocycles. The maximum absolute atomic E-state index is 13.0. The highest BCUT2D eigenvalue weighted by atomic mass is 16.2. The number of benzene rings is 4. The summed E-state index contributed by atoms with van der Waals surface area (Å²) >= 11 is 0. The average molecular weight is 508 g/mol. The molecule has 9 heteroatoms. The number of carbonyl (C=O) groups is 4. The predicted molar refractivity (Wildman–Crippen MR) is 143 cm³/mol. The van der Waals surface area contributed by atoms with Gasteiger partial charge in [0.1, 0.15) is 6.04 Å². The largest absolute Gasteiger partial charge is 0.352 e. The molecule has 0 radical (unpaired) electrons. The molecule has 0 fully saturated rings. The lowest BCUT2D eigenvalue weighted by Gasteiger charge is -2.18. The molecule has 9 nitrogen and oxygen atoms in total. The molecule has 1 heterocycles. The minimum absolute atomic E-state index is 0.0593. The lowest BCUT2D eigenvalue weighted by Crippen LogP contribution is -2.54. The van der Waals surface area contributed by atoms with Crippen LogP contribution in [-0.4, -0.2) is 29.8 Å². The number of hydrazine groups is 1. The summed E-state index contributed by atoms with van der Waals surface area (Å²) < 4.78 is 0. The van der Waals surface area contributed by atoms with Crippen LogP contribution in [0, 0.1) is 0 Å². The van der Waals surface area contributed by atoms with Gasteiger partial charge in [-0.05, 0) is 40.8 Å². The van der Waals surface area contributed by atoms with Crippen molar-refractivity contribution in [1.29, 1.82) is 0 Å². The Morgan fingerprint density at radius 1 is 0.789 bits per heavy atom. The number of nitrogens with one attached hydrogen (secondary N) is 3. The van der Waals surface area contributed by atoms with Crippen molar-refractivity contribution in [2.45, 2.75) is 19.0 Å². The van der Waals surface area contributed by atoms with Crippen LogP contribution in [0.3, 0.4) is 0 Å². The molecule has 1 aliphatic rings. The highest BCUT2D eigenvalue weighted by Crippen LogP contribution is 2.37. The van der Waals surface area contributed by atoms with Crippen molar-refractivity contribution in [3.8, 4) is 0 Å². The monoisotopic (exact) mass is 507 g/mol. The van der Waals surface area contributed by atoms with E-state index in [1.165, 1.54) is 0 Å². The van der Waals surface area contributed by atoms with E-state index in [0.29, 0.717) is 17.7 Å². The van der Waals surface area contributed by atoms with Gasteiger partial charge in [0.2, 0.25) is 0 Å². The first-order valence-electron chi connectivity index (χ1n) is 12.0. The SMILES string of the molecule is NC(=O)NC(Cc1ccccc1)C(=O)NNC(=O)c1ccc(CN2C(=O)c3cccc4cccc2c34)cc1. The Bertz CT molecular complexity index is 1530. The standard InChI is InChI=1S/C29H25N5O4/c30-29(38)31-23(16-18-6-2-1-3-7-18)27(36)33-32-26(35)21-14-12-19(13-15-21)17-34-24-11-5-9-20-8-4-10-22(25(20)24)28(34)37/h1-15,23H,16-17H2,(H,32,35)(H,33,36)(H3,30,31,38). The predicted octanol–water partition coefficient (Wildman–Crippen LogP) is 3.04. The molecule has 1 unspecified atom stereocenters. The molecular formula is C29H25N5O4. The van der Waals surface area contributed by atoms with E-state index >= 15 is 0 Å². The second-order valence-electron chi connectivity index (χ2n) is 8.96. The minimum Gasteiger partial charge on any atom is -0.352 e. The lowest BCUT2D eigenvalue weighted by atomic mass is 10.1. The topological polar surface area (TPSA) is 134 Å². The van der Waals surface area contributed by atoms with Crippen molar-refractivity contribution in [2.75, 3.05) is 4.90 Å². The van der Waals surface area contributed by atoms with Crippen molar-refractivity contribution in [3.05, 3.63) is 113 Å². The van der Waals surface area contributed by atoms with E-state index in [2.05, 4.69) is 16.2 Å². The Hall–Kier alpha value is -5.18. The fourth-order valence-corrected chi connectivity index (χ4v) is 4.59. The molecule has 0 saturated carbocycles. The lowest BCUT2D eigenvalue weighted by molar-refractivity contribution is -0.123. The van der Waals surface area contributed by atoms with E-state index in [0.717, 1.165) is 27.6 Å². The van der Waals surface area contributed by atoms with Crippen LogP contribution in [0.1, 0.15) is 31.8 Å². The molecule has 5 amide bonds. The van der Waals surface area contributed by atoms with Crippen molar-refractivity contribution < 1.29 is 19.2 Å². The maximum Gasteiger partial charge on any atom is 0.312 e. The molecular weight excluding hydrogens is 482 g/mol. The quantitative estimate of drug-likeness (QED) is 0.286. The van der Waals surface area contributed by atoms with Crippen LogP contribution in [0.25, 0.3) is 10.8 Å². The van der Waals surface area contributed by atoms with Crippen molar-refractivity contribution in [2.24, 2.45) is 5.73 Å². The molecule has 1 atom stereocenters. The van der Waals surface area contributed by atoms with E-state index in [4.69, 9.17) is 5.73 Å². The van der Waals surface area contributed by atoms with Gasteiger partial charge in [0.15, 0.2) is 0 Å². The number of urea groups is 1. The molecule has 0 spiro atoms. The molecule has 1 aliphatic heterocycles. The van der Waals surface area contributed by atoms with Crippen LogP contribution in [0.4, 0.5) is 10.5 Å². The van der Waals surface area contributed by atoms with Gasteiger partial charge in [0, 0.05) is 22.9 Å². The van der Waals surface area contributed by atoms with E-state index in [-0.39, 0.29) is 12.3 Å². The Kier molecular flexibility index (Phi) is 6.73. The zero-order valence-corrected chi connectivity index (χ0v) is 20.3. The fourth-order valence-electron chi connectivity index (χ4n) is 4.59.